The van der Waals surface area contributed by atoms with E-state index in [1.807, 2.05) is 0 Å². The molecule has 0 spiro atoms. The van der Waals surface area contributed by atoms with Gasteiger partial charge in [0.1, 0.15) is 5.82 Å². The Hall–Kier alpha value is -1.32. The molecule has 4 rings (SSSR count). The van der Waals surface area contributed by atoms with Crippen LogP contribution in [0.3, 0.4) is 0 Å². The van der Waals surface area contributed by atoms with Crippen LogP contribution in [0.2, 0.25) is 0 Å². The van der Waals surface area contributed by atoms with Crippen LogP contribution < -0.4 is 0 Å². The van der Waals surface area contributed by atoms with E-state index in [4.69, 9.17) is 5.11 Å². The summed E-state index contributed by atoms with van der Waals surface area (Å²) in [6, 6.07) is 7.19. The molecule has 2 nitrogen and oxygen atoms in total. The number of carboxylic acids is 1. The molecule has 1 radical (unpaired) electrons. The van der Waals surface area contributed by atoms with E-state index in [0.717, 1.165) is 12.1 Å². The SMILES string of the molecule is O=C(O)c1ccc(F)cc1.[CH3-].[CH3-].[Ti+3].[cH-]1c2c(c3c1CCCC3)CCCC2. The van der Waals surface area contributed by atoms with Crippen LogP contribution in [0, 0.1) is 20.7 Å². The van der Waals surface area contributed by atoms with E-state index in [0.29, 0.717) is 0 Å². The van der Waals surface area contributed by atoms with Crippen molar-refractivity contribution in [2.24, 2.45) is 0 Å². The summed E-state index contributed by atoms with van der Waals surface area (Å²) in [5.74, 6) is -1.47. The van der Waals surface area contributed by atoms with E-state index in [2.05, 4.69) is 6.07 Å². The van der Waals surface area contributed by atoms with Crippen molar-refractivity contribution in [2.75, 3.05) is 0 Å². The molecular weight excluding hydrogens is 363 g/mol. The Labute approximate surface area is 172 Å². The van der Waals surface area contributed by atoms with Crippen LogP contribution in [-0.2, 0) is 47.4 Å². The zero-order chi connectivity index (χ0) is 16.2. The second-order valence-corrected chi connectivity index (χ2v) is 6.38. The predicted molar refractivity (Wildman–Crippen MR) is 102 cm³/mol. The Kier molecular flexibility index (Phi) is 10.8. The summed E-state index contributed by atoms with van der Waals surface area (Å²) in [6.45, 7) is 0. The molecule has 2 aromatic carbocycles. The second kappa shape index (κ2) is 11.4. The van der Waals surface area contributed by atoms with E-state index >= 15 is 0 Å². The predicted octanol–water partition coefficient (Wildman–Crippen LogP) is 5.59. The van der Waals surface area contributed by atoms with Gasteiger partial charge in [-0.15, -0.1) is 0 Å². The number of carboxylic acid groups (broad SMARTS) is 1. The van der Waals surface area contributed by atoms with Gasteiger partial charge < -0.3 is 20.0 Å². The zero-order valence-corrected chi connectivity index (χ0v) is 17.3. The first-order chi connectivity index (χ1) is 11.1. The number of hydrogen-bond acceptors (Lipinski definition) is 1. The van der Waals surface area contributed by atoms with Crippen molar-refractivity contribution in [1.82, 2.24) is 0 Å². The van der Waals surface area contributed by atoms with Gasteiger partial charge in [0.05, 0.1) is 5.56 Å². The van der Waals surface area contributed by atoms with Gasteiger partial charge in [-0.05, 0) is 24.3 Å². The smallest absolute Gasteiger partial charge is 0.478 e. The first-order valence-corrected chi connectivity index (χ1v) is 8.43. The third-order valence-corrected chi connectivity index (χ3v) is 4.82. The Morgan fingerprint density at radius 3 is 1.69 bits per heavy atom. The molecule has 0 amide bonds. The van der Waals surface area contributed by atoms with E-state index in [9.17, 15) is 9.18 Å². The van der Waals surface area contributed by atoms with Gasteiger partial charge in [0.2, 0.25) is 0 Å². The molecule has 139 valence electrons. The third-order valence-electron chi connectivity index (χ3n) is 4.82. The van der Waals surface area contributed by atoms with Crippen LogP contribution in [0.1, 0.15) is 58.3 Å². The molecule has 0 aromatic heterocycles. The largest absolute Gasteiger partial charge is 3.00 e. The maximum Gasteiger partial charge on any atom is 3.00 e. The Bertz CT molecular complexity index is 658. The van der Waals surface area contributed by atoms with Crippen LogP contribution in [0.15, 0.2) is 30.3 Å². The van der Waals surface area contributed by atoms with Crippen molar-refractivity contribution in [1.29, 1.82) is 0 Å². The molecule has 0 saturated carbocycles. The van der Waals surface area contributed by atoms with Crippen LogP contribution >= 0.6 is 0 Å². The van der Waals surface area contributed by atoms with Crippen LogP contribution in [-0.4, -0.2) is 11.1 Å². The fourth-order valence-corrected chi connectivity index (χ4v) is 3.67. The number of fused-ring (bicyclic) bond motifs is 3. The molecule has 0 aliphatic heterocycles. The van der Waals surface area contributed by atoms with Gasteiger partial charge in [-0.1, -0.05) is 51.4 Å². The number of rotatable bonds is 1. The maximum atomic E-state index is 12.2. The van der Waals surface area contributed by atoms with Crippen molar-refractivity contribution in [3.8, 4) is 0 Å². The van der Waals surface area contributed by atoms with E-state index in [1.54, 1.807) is 22.3 Å². The number of benzene rings is 1. The van der Waals surface area contributed by atoms with E-state index in [-0.39, 0.29) is 42.1 Å². The molecule has 0 bridgehead atoms. The van der Waals surface area contributed by atoms with Gasteiger partial charge in [0.15, 0.2) is 0 Å². The van der Waals surface area contributed by atoms with Crippen molar-refractivity contribution in [3.05, 3.63) is 78.8 Å². The summed E-state index contributed by atoms with van der Waals surface area (Å²) in [7, 11) is 0. The maximum absolute atomic E-state index is 12.2. The second-order valence-electron chi connectivity index (χ2n) is 6.38. The third kappa shape index (κ3) is 5.85. The first-order valence-electron chi connectivity index (χ1n) is 8.43. The molecule has 0 atom stereocenters. The summed E-state index contributed by atoms with van der Waals surface area (Å²) in [4.78, 5) is 10.2. The van der Waals surface area contributed by atoms with Gasteiger partial charge in [-0.2, -0.15) is 28.3 Å². The molecule has 0 saturated heterocycles. The number of halogens is 1. The first kappa shape index (κ1) is 24.7. The van der Waals surface area contributed by atoms with Crippen molar-refractivity contribution >= 4 is 5.97 Å². The minimum absolute atomic E-state index is 0. The summed E-state index contributed by atoms with van der Waals surface area (Å²) >= 11 is 0. The van der Waals surface area contributed by atoms with E-state index in [1.165, 1.54) is 63.5 Å². The van der Waals surface area contributed by atoms with Gasteiger partial charge >= 0.3 is 27.7 Å². The van der Waals surface area contributed by atoms with Gasteiger partial charge in [0, 0.05) is 0 Å². The Balaban J connectivity index is 0.000000445. The van der Waals surface area contributed by atoms with E-state index < -0.39 is 11.8 Å². The number of aromatic carboxylic acids is 1. The van der Waals surface area contributed by atoms with Crippen LogP contribution in [0.4, 0.5) is 4.39 Å². The number of carbonyl (C=O) groups is 1. The van der Waals surface area contributed by atoms with Crippen molar-refractivity contribution in [2.45, 2.75) is 51.4 Å². The Morgan fingerprint density at radius 2 is 1.27 bits per heavy atom. The molecule has 0 fully saturated rings. The summed E-state index contributed by atoms with van der Waals surface area (Å²) in [5, 5.41) is 8.35. The van der Waals surface area contributed by atoms with Crippen molar-refractivity contribution in [3.63, 3.8) is 0 Å². The molecule has 2 aliphatic carbocycles. The minimum Gasteiger partial charge on any atom is -0.478 e. The molecule has 2 aliphatic rings. The molecule has 1 N–H and O–H groups in total. The summed E-state index contributed by atoms with van der Waals surface area (Å²) < 4.78 is 12.2. The average molecular weight is 391 g/mol. The molecule has 26 heavy (non-hydrogen) atoms. The fourth-order valence-electron chi connectivity index (χ4n) is 3.67. The monoisotopic (exact) mass is 391 g/mol. The molecule has 0 unspecified atom stereocenters. The van der Waals surface area contributed by atoms with Gasteiger partial charge in [-0.25, -0.2) is 9.18 Å². The molecule has 0 heterocycles. The standard InChI is InChI=1S/C13H17.C7H5FO2.2CH3.Ti/c1-3-7-12-10(5-1)9-11-6-2-4-8-13(11)12;8-6-3-1-5(2-4-6)7(9)10;;;/h9H,1-8H2;1-4H,(H,9,10);2*1H3;/q-1;;2*-1;+3. The summed E-state index contributed by atoms with van der Waals surface area (Å²) in [5.41, 5.74) is 7.04. The van der Waals surface area contributed by atoms with Crippen LogP contribution in [0.25, 0.3) is 0 Å². The van der Waals surface area contributed by atoms with Gasteiger partial charge in [0.25, 0.3) is 0 Å². The Morgan fingerprint density at radius 1 is 0.846 bits per heavy atom. The quantitative estimate of drug-likeness (QED) is 0.509. The summed E-state index contributed by atoms with van der Waals surface area (Å²) in [6.07, 6.45) is 11.2. The fraction of sp³-hybridized carbons (Fsp3) is 0.364. The number of aryl methyl sites for hydroxylation is 2. The van der Waals surface area contributed by atoms with Crippen molar-refractivity contribution < 1.29 is 36.0 Å². The average Bonchev–Trinajstić information content (AvgIpc) is 2.94. The topological polar surface area (TPSA) is 37.3 Å². The molecule has 4 heteroatoms. The van der Waals surface area contributed by atoms with Gasteiger partial charge in [-0.3, -0.25) is 0 Å². The zero-order valence-electron chi connectivity index (χ0n) is 15.8. The van der Waals surface area contributed by atoms with Crippen LogP contribution in [0.5, 0.6) is 0 Å². The number of hydrogen-bond donors (Lipinski definition) is 1. The normalized spacial score (nSPS) is 14.0. The molecule has 2 aromatic rings. The minimum atomic E-state index is -1.04. The molecular formula is C22H28FO2Ti.